The van der Waals surface area contributed by atoms with E-state index in [1.54, 1.807) is 39.0 Å². The molecule has 0 atom stereocenters. The molecule has 29 heavy (non-hydrogen) atoms. The first-order chi connectivity index (χ1) is 13.7. The van der Waals surface area contributed by atoms with Crippen LogP contribution < -0.4 is 16.0 Å². The summed E-state index contributed by atoms with van der Waals surface area (Å²) in [5.74, 6) is -0.451. The monoisotopic (exact) mass is 397 g/mol. The fourth-order valence-corrected chi connectivity index (χ4v) is 2.48. The van der Waals surface area contributed by atoms with E-state index in [0.29, 0.717) is 18.7 Å². The molecule has 0 radical (unpaired) electrons. The number of benzene rings is 2. The number of hydrogen-bond donors (Lipinski definition) is 3. The molecule has 0 fully saturated rings. The summed E-state index contributed by atoms with van der Waals surface area (Å²) >= 11 is 0. The fraction of sp³-hybridized carbons (Fsp3) is 0.318. The van der Waals surface area contributed by atoms with Crippen molar-refractivity contribution >= 4 is 23.6 Å². The maximum absolute atomic E-state index is 12.1. The Bertz CT molecular complexity index is 845. The summed E-state index contributed by atoms with van der Waals surface area (Å²) in [6.07, 6.45) is -0.337. The van der Waals surface area contributed by atoms with Crippen molar-refractivity contribution in [2.75, 3.05) is 11.9 Å². The lowest BCUT2D eigenvalue weighted by molar-refractivity contribution is -0.120. The normalized spacial score (nSPS) is 10.7. The molecular formula is C22H27N3O4. The molecule has 3 amide bonds. The number of amides is 3. The maximum Gasteiger partial charge on any atom is 0.408 e. The van der Waals surface area contributed by atoms with Gasteiger partial charge in [0.25, 0.3) is 0 Å². The molecule has 154 valence electrons. The number of ether oxygens (including phenoxy) is 1. The summed E-state index contributed by atoms with van der Waals surface area (Å²) in [6.45, 7) is 5.39. The summed E-state index contributed by atoms with van der Waals surface area (Å²) in [5, 5.41) is 7.98. The average Bonchev–Trinajstić information content (AvgIpc) is 2.65. The lowest BCUT2D eigenvalue weighted by Crippen LogP contribution is -2.37. The number of carbonyl (C=O) groups is 3. The largest absolute Gasteiger partial charge is 0.444 e. The van der Waals surface area contributed by atoms with E-state index in [9.17, 15) is 14.4 Å². The third-order valence-electron chi connectivity index (χ3n) is 3.70. The molecule has 3 N–H and O–H groups in total. The molecule has 0 bridgehead atoms. The van der Waals surface area contributed by atoms with E-state index in [1.807, 2.05) is 36.4 Å². The number of hydrogen-bond acceptors (Lipinski definition) is 4. The summed E-state index contributed by atoms with van der Waals surface area (Å²) in [4.78, 5) is 35.7. The number of nitrogens with one attached hydrogen (secondary N) is 3. The average molecular weight is 397 g/mol. The molecule has 0 saturated heterocycles. The number of carbonyl (C=O) groups excluding carboxylic acids is 3. The smallest absolute Gasteiger partial charge is 0.408 e. The summed E-state index contributed by atoms with van der Waals surface area (Å²) in [6, 6.07) is 16.7. The van der Waals surface area contributed by atoms with Crippen LogP contribution in [0.2, 0.25) is 0 Å². The number of rotatable bonds is 7. The van der Waals surface area contributed by atoms with Crippen molar-refractivity contribution in [2.24, 2.45) is 0 Å². The van der Waals surface area contributed by atoms with Gasteiger partial charge in [0.05, 0.1) is 6.42 Å². The number of alkyl carbamates (subject to hydrolysis) is 1. The van der Waals surface area contributed by atoms with Gasteiger partial charge in [-0.05, 0) is 44.0 Å². The topological polar surface area (TPSA) is 96.5 Å². The highest BCUT2D eigenvalue weighted by atomic mass is 16.6. The third kappa shape index (κ3) is 8.92. The fourth-order valence-electron chi connectivity index (χ4n) is 2.48. The van der Waals surface area contributed by atoms with E-state index in [2.05, 4.69) is 16.0 Å². The molecular weight excluding hydrogens is 370 g/mol. The van der Waals surface area contributed by atoms with E-state index in [4.69, 9.17) is 4.74 Å². The number of anilines is 1. The molecule has 0 aliphatic heterocycles. The standard InChI is InChI=1S/C22H27N3O4/c1-22(2,3)29-21(28)24-15-20(27)25-18-11-7-10-17(12-18)14-23-19(26)13-16-8-5-4-6-9-16/h4-12H,13-15H2,1-3H3,(H,23,26)(H,24,28)(H,25,27). The second-order valence-corrected chi connectivity index (χ2v) is 7.54. The van der Waals surface area contributed by atoms with E-state index in [1.165, 1.54) is 0 Å². The Morgan fingerprint density at radius 1 is 0.862 bits per heavy atom. The molecule has 7 nitrogen and oxygen atoms in total. The zero-order valence-electron chi connectivity index (χ0n) is 17.0. The van der Waals surface area contributed by atoms with Gasteiger partial charge in [0.15, 0.2) is 0 Å². The lowest BCUT2D eigenvalue weighted by atomic mass is 10.1. The van der Waals surface area contributed by atoms with Crippen LogP contribution in [0.4, 0.5) is 10.5 Å². The van der Waals surface area contributed by atoms with Crippen molar-refractivity contribution in [2.45, 2.75) is 39.3 Å². The molecule has 7 heteroatoms. The van der Waals surface area contributed by atoms with Gasteiger partial charge in [-0.25, -0.2) is 4.79 Å². The molecule has 0 heterocycles. The van der Waals surface area contributed by atoms with Crippen LogP contribution in [-0.2, 0) is 27.3 Å². The lowest BCUT2D eigenvalue weighted by Gasteiger charge is -2.19. The molecule has 0 aromatic heterocycles. The van der Waals surface area contributed by atoms with Gasteiger partial charge in [0, 0.05) is 12.2 Å². The van der Waals surface area contributed by atoms with E-state index in [-0.39, 0.29) is 18.4 Å². The molecule has 2 aromatic carbocycles. The molecule has 0 aliphatic rings. The van der Waals surface area contributed by atoms with Crippen molar-refractivity contribution in [1.82, 2.24) is 10.6 Å². The molecule has 2 aromatic rings. The van der Waals surface area contributed by atoms with Crippen molar-refractivity contribution in [3.05, 3.63) is 65.7 Å². The van der Waals surface area contributed by atoms with Crippen molar-refractivity contribution < 1.29 is 19.1 Å². The molecule has 0 aliphatic carbocycles. The predicted octanol–water partition coefficient (Wildman–Crippen LogP) is 3.01. The Morgan fingerprint density at radius 2 is 1.55 bits per heavy atom. The van der Waals surface area contributed by atoms with Crippen molar-refractivity contribution in [3.8, 4) is 0 Å². The first kappa shape index (κ1) is 21.9. The second kappa shape index (κ2) is 10.3. The molecule has 0 saturated carbocycles. The van der Waals surface area contributed by atoms with Crippen LogP contribution in [0.15, 0.2) is 54.6 Å². The van der Waals surface area contributed by atoms with Crippen LogP contribution in [0.1, 0.15) is 31.9 Å². The predicted molar refractivity (Wildman–Crippen MR) is 111 cm³/mol. The summed E-state index contributed by atoms with van der Waals surface area (Å²) in [7, 11) is 0. The molecule has 0 unspecified atom stereocenters. The van der Waals surface area contributed by atoms with Gasteiger partial charge in [-0.15, -0.1) is 0 Å². The van der Waals surface area contributed by atoms with Gasteiger partial charge in [-0.3, -0.25) is 9.59 Å². The minimum absolute atomic E-state index is 0.0767. The van der Waals surface area contributed by atoms with Crippen LogP contribution in [0.3, 0.4) is 0 Å². The Morgan fingerprint density at radius 3 is 2.24 bits per heavy atom. The first-order valence-electron chi connectivity index (χ1n) is 9.37. The Balaban J connectivity index is 1.79. The molecule has 0 spiro atoms. The molecule has 2 rings (SSSR count). The summed E-state index contributed by atoms with van der Waals surface area (Å²) < 4.78 is 5.08. The minimum atomic E-state index is -0.650. The van der Waals surface area contributed by atoms with Gasteiger partial charge < -0.3 is 20.7 Å². The van der Waals surface area contributed by atoms with Gasteiger partial charge in [-0.1, -0.05) is 42.5 Å². The highest BCUT2D eigenvalue weighted by Gasteiger charge is 2.16. The van der Waals surface area contributed by atoms with Crippen LogP contribution >= 0.6 is 0 Å². The first-order valence-corrected chi connectivity index (χ1v) is 9.37. The Kier molecular flexibility index (Phi) is 7.77. The highest BCUT2D eigenvalue weighted by Crippen LogP contribution is 2.11. The quantitative estimate of drug-likeness (QED) is 0.669. The highest BCUT2D eigenvalue weighted by molar-refractivity contribution is 5.93. The maximum atomic E-state index is 12.1. The van der Waals surface area contributed by atoms with Gasteiger partial charge in [0.1, 0.15) is 12.1 Å². The van der Waals surface area contributed by atoms with E-state index in [0.717, 1.165) is 11.1 Å². The van der Waals surface area contributed by atoms with Crippen LogP contribution in [0, 0.1) is 0 Å². The van der Waals surface area contributed by atoms with Gasteiger partial charge >= 0.3 is 6.09 Å². The van der Waals surface area contributed by atoms with E-state index < -0.39 is 11.7 Å². The van der Waals surface area contributed by atoms with Crippen molar-refractivity contribution in [3.63, 3.8) is 0 Å². The Hall–Kier alpha value is -3.35. The van der Waals surface area contributed by atoms with Gasteiger partial charge in [-0.2, -0.15) is 0 Å². The van der Waals surface area contributed by atoms with Crippen LogP contribution in [0.25, 0.3) is 0 Å². The zero-order chi connectivity index (χ0) is 21.3. The third-order valence-corrected chi connectivity index (χ3v) is 3.70. The second-order valence-electron chi connectivity index (χ2n) is 7.54. The Labute approximate surface area is 170 Å². The van der Waals surface area contributed by atoms with Crippen LogP contribution in [-0.4, -0.2) is 30.1 Å². The van der Waals surface area contributed by atoms with Gasteiger partial charge in [0.2, 0.25) is 11.8 Å². The van der Waals surface area contributed by atoms with Crippen molar-refractivity contribution in [1.29, 1.82) is 0 Å². The van der Waals surface area contributed by atoms with E-state index >= 15 is 0 Å². The van der Waals surface area contributed by atoms with Crippen LogP contribution in [0.5, 0.6) is 0 Å². The zero-order valence-corrected chi connectivity index (χ0v) is 17.0. The SMILES string of the molecule is CC(C)(C)OC(=O)NCC(=O)Nc1cccc(CNC(=O)Cc2ccccc2)c1. The minimum Gasteiger partial charge on any atom is -0.444 e. The summed E-state index contributed by atoms with van der Waals surface area (Å²) in [5.41, 5.74) is 1.75.